The van der Waals surface area contributed by atoms with Gasteiger partial charge in [0.15, 0.2) is 0 Å². The van der Waals surface area contributed by atoms with Gasteiger partial charge in [-0.3, -0.25) is 5.10 Å². The van der Waals surface area contributed by atoms with Crippen LogP contribution in [0.2, 0.25) is 5.02 Å². The van der Waals surface area contributed by atoms with Gasteiger partial charge in [0.1, 0.15) is 5.75 Å². The predicted molar refractivity (Wildman–Crippen MR) is 73.0 cm³/mol. The van der Waals surface area contributed by atoms with Crippen LogP contribution in [-0.2, 0) is 6.42 Å². The standard InChI is InChI=1S/C13H16ClN3O/c1-2-18-13-4-3-9(7-11(13)14)12-8-10(5-6-15)16-17-12/h3-4,7-8H,2,5-6,15H2,1H3,(H,16,17). The summed E-state index contributed by atoms with van der Waals surface area (Å²) in [5, 5.41) is 7.80. The third-order valence-corrected chi connectivity index (χ3v) is 2.87. The lowest BCUT2D eigenvalue weighted by Crippen LogP contribution is -2.02. The van der Waals surface area contributed by atoms with Crippen molar-refractivity contribution in [3.8, 4) is 17.0 Å². The zero-order chi connectivity index (χ0) is 13.0. The molecule has 2 rings (SSSR count). The lowest BCUT2D eigenvalue weighted by Gasteiger charge is -2.06. The summed E-state index contributed by atoms with van der Waals surface area (Å²) in [5.74, 6) is 0.695. The number of halogens is 1. The number of H-pyrrole nitrogens is 1. The maximum atomic E-state index is 6.14. The molecule has 18 heavy (non-hydrogen) atoms. The first-order chi connectivity index (χ1) is 8.74. The Kier molecular flexibility index (Phi) is 4.23. The minimum atomic E-state index is 0.595. The van der Waals surface area contributed by atoms with Crippen LogP contribution in [0.5, 0.6) is 5.75 Å². The summed E-state index contributed by atoms with van der Waals surface area (Å²) in [7, 11) is 0. The molecule has 0 saturated heterocycles. The van der Waals surface area contributed by atoms with E-state index < -0.39 is 0 Å². The van der Waals surface area contributed by atoms with Crippen molar-refractivity contribution in [1.29, 1.82) is 0 Å². The Bertz CT molecular complexity index is 525. The number of aromatic amines is 1. The van der Waals surface area contributed by atoms with E-state index >= 15 is 0 Å². The molecule has 0 fully saturated rings. The Labute approximate surface area is 111 Å². The van der Waals surface area contributed by atoms with Gasteiger partial charge in [-0.05, 0) is 37.7 Å². The Morgan fingerprint density at radius 2 is 2.22 bits per heavy atom. The van der Waals surface area contributed by atoms with Gasteiger partial charge in [-0.2, -0.15) is 5.10 Å². The average molecular weight is 266 g/mol. The van der Waals surface area contributed by atoms with E-state index in [0.717, 1.165) is 23.4 Å². The minimum Gasteiger partial charge on any atom is -0.492 e. The SMILES string of the molecule is CCOc1ccc(-c2cc(CCN)[nH]n2)cc1Cl. The third-order valence-electron chi connectivity index (χ3n) is 2.57. The van der Waals surface area contributed by atoms with Gasteiger partial charge in [-0.15, -0.1) is 0 Å². The van der Waals surface area contributed by atoms with E-state index in [9.17, 15) is 0 Å². The number of nitrogens with one attached hydrogen (secondary N) is 1. The lowest BCUT2D eigenvalue weighted by molar-refractivity contribution is 0.340. The summed E-state index contributed by atoms with van der Waals surface area (Å²) in [5.41, 5.74) is 8.35. The van der Waals surface area contributed by atoms with Crippen molar-refractivity contribution in [3.05, 3.63) is 35.0 Å². The number of nitrogens with two attached hydrogens (primary N) is 1. The highest BCUT2D eigenvalue weighted by Gasteiger charge is 2.07. The average Bonchev–Trinajstić information content (AvgIpc) is 2.81. The lowest BCUT2D eigenvalue weighted by atomic mass is 10.1. The van der Waals surface area contributed by atoms with Crippen molar-refractivity contribution >= 4 is 11.6 Å². The van der Waals surface area contributed by atoms with Gasteiger partial charge in [-0.1, -0.05) is 11.6 Å². The molecular formula is C13H16ClN3O. The minimum absolute atomic E-state index is 0.595. The van der Waals surface area contributed by atoms with E-state index in [1.54, 1.807) is 0 Å². The molecule has 0 saturated carbocycles. The van der Waals surface area contributed by atoms with Crippen molar-refractivity contribution < 1.29 is 4.74 Å². The first-order valence-electron chi connectivity index (χ1n) is 5.91. The molecular weight excluding hydrogens is 250 g/mol. The molecule has 0 aliphatic heterocycles. The van der Waals surface area contributed by atoms with Crippen LogP contribution in [0.1, 0.15) is 12.6 Å². The fourth-order valence-electron chi connectivity index (χ4n) is 1.73. The van der Waals surface area contributed by atoms with Gasteiger partial charge in [0.2, 0.25) is 0 Å². The molecule has 0 radical (unpaired) electrons. The van der Waals surface area contributed by atoms with Crippen molar-refractivity contribution in [3.63, 3.8) is 0 Å². The van der Waals surface area contributed by atoms with E-state index in [1.165, 1.54) is 0 Å². The molecule has 1 aromatic heterocycles. The number of rotatable bonds is 5. The Hall–Kier alpha value is -1.52. The van der Waals surface area contributed by atoms with E-state index in [1.807, 2.05) is 31.2 Å². The van der Waals surface area contributed by atoms with Gasteiger partial charge in [-0.25, -0.2) is 0 Å². The normalized spacial score (nSPS) is 10.6. The van der Waals surface area contributed by atoms with Crippen molar-refractivity contribution in [2.75, 3.05) is 13.2 Å². The molecule has 0 aliphatic carbocycles. The van der Waals surface area contributed by atoms with Crippen LogP contribution in [0.25, 0.3) is 11.3 Å². The largest absolute Gasteiger partial charge is 0.492 e. The molecule has 1 aromatic carbocycles. The molecule has 0 bridgehead atoms. The molecule has 0 unspecified atom stereocenters. The molecule has 3 N–H and O–H groups in total. The maximum Gasteiger partial charge on any atom is 0.137 e. The molecule has 2 aromatic rings. The number of benzene rings is 1. The Morgan fingerprint density at radius 1 is 1.39 bits per heavy atom. The number of hydrogen-bond acceptors (Lipinski definition) is 3. The first kappa shape index (κ1) is 12.9. The van der Waals surface area contributed by atoms with Crippen LogP contribution in [0.15, 0.2) is 24.3 Å². The van der Waals surface area contributed by atoms with Crippen molar-refractivity contribution in [2.24, 2.45) is 5.73 Å². The van der Waals surface area contributed by atoms with Crippen molar-refractivity contribution in [2.45, 2.75) is 13.3 Å². The molecule has 4 nitrogen and oxygen atoms in total. The smallest absolute Gasteiger partial charge is 0.137 e. The van der Waals surface area contributed by atoms with Gasteiger partial charge in [0, 0.05) is 17.7 Å². The summed E-state index contributed by atoms with van der Waals surface area (Å²) in [6.07, 6.45) is 0.789. The summed E-state index contributed by atoms with van der Waals surface area (Å²) in [6.45, 7) is 3.13. The monoisotopic (exact) mass is 265 g/mol. The molecule has 0 amide bonds. The molecule has 0 aliphatic rings. The third kappa shape index (κ3) is 2.83. The van der Waals surface area contributed by atoms with Crippen LogP contribution in [0.3, 0.4) is 0 Å². The molecule has 96 valence electrons. The van der Waals surface area contributed by atoms with Gasteiger partial charge >= 0.3 is 0 Å². The first-order valence-corrected chi connectivity index (χ1v) is 6.29. The fraction of sp³-hybridized carbons (Fsp3) is 0.308. The highest BCUT2D eigenvalue weighted by atomic mass is 35.5. The number of hydrogen-bond donors (Lipinski definition) is 2. The highest BCUT2D eigenvalue weighted by Crippen LogP contribution is 2.29. The summed E-state index contributed by atoms with van der Waals surface area (Å²) in [4.78, 5) is 0. The second kappa shape index (κ2) is 5.89. The molecule has 0 atom stereocenters. The van der Waals surface area contributed by atoms with E-state index in [-0.39, 0.29) is 0 Å². The predicted octanol–water partition coefficient (Wildman–Crippen LogP) is 2.63. The quantitative estimate of drug-likeness (QED) is 0.874. The van der Waals surface area contributed by atoms with Crippen LogP contribution < -0.4 is 10.5 Å². The zero-order valence-electron chi connectivity index (χ0n) is 10.2. The maximum absolute atomic E-state index is 6.14. The number of nitrogens with zero attached hydrogens (tertiary/aromatic N) is 1. The van der Waals surface area contributed by atoms with Crippen molar-refractivity contribution in [1.82, 2.24) is 10.2 Å². The highest BCUT2D eigenvalue weighted by molar-refractivity contribution is 6.32. The second-order valence-corrected chi connectivity index (χ2v) is 4.30. The number of ether oxygens (including phenoxy) is 1. The van der Waals surface area contributed by atoms with Gasteiger partial charge in [0.05, 0.1) is 17.3 Å². The Morgan fingerprint density at radius 3 is 2.89 bits per heavy atom. The summed E-state index contributed by atoms with van der Waals surface area (Å²) in [6, 6.07) is 7.64. The van der Waals surface area contributed by atoms with E-state index in [0.29, 0.717) is 23.9 Å². The zero-order valence-corrected chi connectivity index (χ0v) is 11.0. The van der Waals surface area contributed by atoms with Crippen LogP contribution in [0.4, 0.5) is 0 Å². The summed E-state index contributed by atoms with van der Waals surface area (Å²) >= 11 is 6.14. The van der Waals surface area contributed by atoms with Crippen LogP contribution >= 0.6 is 11.6 Å². The second-order valence-electron chi connectivity index (χ2n) is 3.90. The molecule has 0 spiro atoms. The molecule has 1 heterocycles. The fourth-order valence-corrected chi connectivity index (χ4v) is 1.96. The van der Waals surface area contributed by atoms with E-state index in [2.05, 4.69) is 10.2 Å². The van der Waals surface area contributed by atoms with Gasteiger partial charge < -0.3 is 10.5 Å². The topological polar surface area (TPSA) is 63.9 Å². The van der Waals surface area contributed by atoms with E-state index in [4.69, 9.17) is 22.1 Å². The number of aromatic nitrogens is 2. The Balaban J connectivity index is 2.24. The van der Waals surface area contributed by atoms with Gasteiger partial charge in [0.25, 0.3) is 0 Å². The molecule has 5 heteroatoms. The van der Waals surface area contributed by atoms with Crippen LogP contribution in [0, 0.1) is 0 Å². The van der Waals surface area contributed by atoms with Crippen LogP contribution in [-0.4, -0.2) is 23.3 Å². The summed E-state index contributed by atoms with van der Waals surface area (Å²) < 4.78 is 5.39.